The highest BCUT2D eigenvalue weighted by Crippen LogP contribution is 2.39. The summed E-state index contributed by atoms with van der Waals surface area (Å²) < 4.78 is 52.1. The Bertz CT molecular complexity index is 1170. The highest BCUT2D eigenvalue weighted by atomic mass is 32.2. The fourth-order valence-corrected chi connectivity index (χ4v) is 4.70. The van der Waals surface area contributed by atoms with E-state index in [1.54, 1.807) is 29.2 Å². The van der Waals surface area contributed by atoms with Crippen molar-refractivity contribution in [3.63, 3.8) is 0 Å². The summed E-state index contributed by atoms with van der Waals surface area (Å²) in [5.41, 5.74) is 0.140. The van der Waals surface area contributed by atoms with Crippen molar-refractivity contribution in [2.45, 2.75) is 25.6 Å². The van der Waals surface area contributed by atoms with Crippen LogP contribution in [0.15, 0.2) is 47.4 Å². The molecule has 2 fully saturated rings. The lowest BCUT2D eigenvalue weighted by molar-refractivity contribution is -0.138. The van der Waals surface area contributed by atoms with Gasteiger partial charge < -0.3 is 19.7 Å². The van der Waals surface area contributed by atoms with Crippen LogP contribution in [0.4, 0.5) is 18.0 Å². The Balaban J connectivity index is 1.52. The maximum Gasteiger partial charge on any atom is 0.420 e. The van der Waals surface area contributed by atoms with Crippen LogP contribution in [0.3, 0.4) is 0 Å². The number of carbonyl (C=O) groups excluding carboxylic acids is 2. The summed E-state index contributed by atoms with van der Waals surface area (Å²) in [6, 6.07) is 10.2. The standard InChI is InChI=1S/C23H19F3N2O4S2/c1-2-28-15(12-31-22(28)30)9-13-3-6-16(7-4-13)32-18-8-5-14(10-17(18)23(24,25)26)11-19-20(29)27-21(33)34-19/h3-8,10-11,15H,2,9,12H2,1H3,(H,27,29,33). The van der Waals surface area contributed by atoms with Gasteiger partial charge in [0.15, 0.2) is 0 Å². The van der Waals surface area contributed by atoms with E-state index < -0.39 is 17.6 Å². The predicted octanol–water partition coefficient (Wildman–Crippen LogP) is 5.37. The lowest BCUT2D eigenvalue weighted by atomic mass is 10.1. The van der Waals surface area contributed by atoms with Gasteiger partial charge in [-0.3, -0.25) is 4.79 Å². The number of nitrogens with zero attached hydrogens (tertiary/aromatic N) is 1. The minimum absolute atomic E-state index is 0.0859. The Morgan fingerprint density at radius 3 is 2.59 bits per heavy atom. The predicted molar refractivity (Wildman–Crippen MR) is 125 cm³/mol. The van der Waals surface area contributed by atoms with Gasteiger partial charge in [0.25, 0.3) is 5.91 Å². The molecule has 2 aliphatic heterocycles. The summed E-state index contributed by atoms with van der Waals surface area (Å²) in [5, 5.41) is 2.42. The normalized spacial score (nSPS) is 19.5. The van der Waals surface area contributed by atoms with Crippen LogP contribution in [0.25, 0.3) is 6.08 Å². The molecule has 1 unspecified atom stereocenters. The zero-order chi connectivity index (χ0) is 24.5. The van der Waals surface area contributed by atoms with Gasteiger partial charge in [-0.1, -0.05) is 42.2 Å². The minimum atomic E-state index is -4.66. The van der Waals surface area contributed by atoms with Crippen molar-refractivity contribution >= 4 is 46.4 Å². The van der Waals surface area contributed by atoms with E-state index in [9.17, 15) is 22.8 Å². The molecule has 34 heavy (non-hydrogen) atoms. The van der Waals surface area contributed by atoms with Gasteiger partial charge in [-0.25, -0.2) is 4.79 Å². The average molecular weight is 509 g/mol. The van der Waals surface area contributed by atoms with E-state index in [4.69, 9.17) is 21.7 Å². The van der Waals surface area contributed by atoms with Crippen LogP contribution in [-0.4, -0.2) is 40.4 Å². The summed E-state index contributed by atoms with van der Waals surface area (Å²) in [6.45, 7) is 2.70. The van der Waals surface area contributed by atoms with Gasteiger partial charge in [-0.2, -0.15) is 13.2 Å². The molecule has 0 spiro atoms. The third kappa shape index (κ3) is 5.36. The van der Waals surface area contributed by atoms with Crippen molar-refractivity contribution < 1.29 is 32.2 Å². The fraction of sp³-hybridized carbons (Fsp3) is 0.261. The third-order valence-electron chi connectivity index (χ3n) is 5.29. The van der Waals surface area contributed by atoms with E-state index in [-0.39, 0.29) is 38.4 Å². The molecule has 2 aliphatic rings. The van der Waals surface area contributed by atoms with Gasteiger partial charge in [0.2, 0.25) is 0 Å². The smallest absolute Gasteiger partial charge is 0.420 e. The Morgan fingerprint density at radius 1 is 1.24 bits per heavy atom. The summed E-state index contributed by atoms with van der Waals surface area (Å²) in [4.78, 5) is 25.4. The first-order valence-corrected chi connectivity index (χ1v) is 11.5. The van der Waals surface area contributed by atoms with E-state index in [1.165, 1.54) is 18.2 Å². The van der Waals surface area contributed by atoms with Crippen molar-refractivity contribution in [2.75, 3.05) is 13.2 Å². The average Bonchev–Trinajstić information content (AvgIpc) is 3.29. The number of benzene rings is 2. The summed E-state index contributed by atoms with van der Waals surface area (Å²) >= 11 is 5.89. The highest BCUT2D eigenvalue weighted by Gasteiger charge is 2.35. The van der Waals surface area contributed by atoms with E-state index in [2.05, 4.69) is 5.32 Å². The maximum absolute atomic E-state index is 13.7. The van der Waals surface area contributed by atoms with Gasteiger partial charge in [0.05, 0.1) is 16.5 Å². The number of hydrogen-bond acceptors (Lipinski definition) is 6. The van der Waals surface area contributed by atoms with Crippen LogP contribution in [0, 0.1) is 0 Å². The Kier molecular flexibility index (Phi) is 6.85. The van der Waals surface area contributed by atoms with Gasteiger partial charge in [-0.15, -0.1) is 0 Å². The van der Waals surface area contributed by atoms with Crippen LogP contribution in [0.2, 0.25) is 0 Å². The number of ether oxygens (including phenoxy) is 2. The molecule has 2 saturated heterocycles. The number of likely N-dealkylation sites (N-methyl/N-ethyl adjacent to an activating group) is 1. The van der Waals surface area contributed by atoms with Crippen molar-refractivity contribution in [1.29, 1.82) is 0 Å². The minimum Gasteiger partial charge on any atom is -0.457 e. The van der Waals surface area contributed by atoms with E-state index >= 15 is 0 Å². The largest absolute Gasteiger partial charge is 0.457 e. The number of rotatable bonds is 6. The van der Waals surface area contributed by atoms with Crippen molar-refractivity contribution in [2.24, 2.45) is 0 Å². The molecule has 1 N–H and O–H groups in total. The van der Waals surface area contributed by atoms with Crippen LogP contribution < -0.4 is 10.1 Å². The number of alkyl halides is 3. The first kappa shape index (κ1) is 24.1. The molecule has 2 heterocycles. The molecule has 178 valence electrons. The summed E-state index contributed by atoms with van der Waals surface area (Å²) in [5.74, 6) is -0.560. The molecule has 1 atom stereocenters. The Morgan fingerprint density at radius 2 is 1.97 bits per heavy atom. The Labute approximate surface area is 203 Å². The lowest BCUT2D eigenvalue weighted by Gasteiger charge is -2.19. The van der Waals surface area contributed by atoms with Gasteiger partial charge in [0, 0.05) is 6.54 Å². The summed E-state index contributed by atoms with van der Waals surface area (Å²) in [6.07, 6.45) is -3.10. The number of halogens is 3. The molecule has 2 amide bonds. The lowest BCUT2D eigenvalue weighted by Crippen LogP contribution is -2.34. The second-order valence-corrected chi connectivity index (χ2v) is 9.29. The second-order valence-electron chi connectivity index (χ2n) is 7.57. The molecule has 4 rings (SSSR count). The Hall–Kier alpha value is -3.05. The quantitative estimate of drug-likeness (QED) is 0.418. The number of cyclic esters (lactones) is 1. The number of nitrogens with one attached hydrogen (secondary N) is 1. The first-order chi connectivity index (χ1) is 16.1. The van der Waals surface area contributed by atoms with Crippen LogP contribution >= 0.6 is 24.0 Å². The molecule has 0 bridgehead atoms. The third-order valence-corrected chi connectivity index (χ3v) is 6.45. The molecule has 6 nitrogen and oxygen atoms in total. The highest BCUT2D eigenvalue weighted by molar-refractivity contribution is 8.26. The second kappa shape index (κ2) is 9.67. The van der Waals surface area contributed by atoms with Gasteiger partial charge in [0.1, 0.15) is 22.4 Å². The van der Waals surface area contributed by atoms with Gasteiger partial charge in [-0.05, 0) is 54.8 Å². The SMILES string of the molecule is CCN1C(=O)OCC1Cc1ccc(Oc2ccc(C=C3SC(=S)NC3=O)cc2C(F)(F)F)cc1. The molecule has 2 aromatic carbocycles. The molecule has 0 aromatic heterocycles. The number of amides is 2. The maximum atomic E-state index is 13.7. The van der Waals surface area contributed by atoms with E-state index in [1.807, 2.05) is 6.92 Å². The van der Waals surface area contributed by atoms with E-state index in [0.717, 1.165) is 23.4 Å². The molecule has 11 heteroatoms. The van der Waals surface area contributed by atoms with Crippen LogP contribution in [0.1, 0.15) is 23.6 Å². The van der Waals surface area contributed by atoms with Crippen molar-refractivity contribution in [1.82, 2.24) is 10.2 Å². The monoisotopic (exact) mass is 508 g/mol. The molecule has 2 aromatic rings. The van der Waals surface area contributed by atoms with Crippen LogP contribution in [0.5, 0.6) is 11.5 Å². The number of thiocarbonyl (C=S) groups is 1. The van der Waals surface area contributed by atoms with Crippen LogP contribution in [-0.2, 0) is 22.1 Å². The van der Waals surface area contributed by atoms with Crippen molar-refractivity contribution in [3.05, 3.63) is 64.1 Å². The van der Waals surface area contributed by atoms with E-state index in [0.29, 0.717) is 19.6 Å². The molecule has 0 aliphatic carbocycles. The first-order valence-electron chi connectivity index (χ1n) is 10.3. The number of carbonyl (C=O) groups is 2. The van der Waals surface area contributed by atoms with Gasteiger partial charge >= 0.3 is 12.3 Å². The fourth-order valence-electron chi connectivity index (χ4n) is 3.66. The molecule has 0 saturated carbocycles. The zero-order valence-electron chi connectivity index (χ0n) is 17.8. The number of thioether (sulfide) groups is 1. The molecular weight excluding hydrogens is 489 g/mol. The summed E-state index contributed by atoms with van der Waals surface area (Å²) in [7, 11) is 0. The van der Waals surface area contributed by atoms with Crippen molar-refractivity contribution in [3.8, 4) is 11.5 Å². The molecular formula is C23H19F3N2O4S2. The molecule has 0 radical (unpaired) electrons. The topological polar surface area (TPSA) is 67.9 Å². The zero-order valence-corrected chi connectivity index (χ0v) is 19.5. The number of hydrogen-bond donors (Lipinski definition) is 1.